The van der Waals surface area contributed by atoms with Crippen LogP contribution in [-0.2, 0) is 6.18 Å². The molecule has 4 aromatic heterocycles. The predicted molar refractivity (Wildman–Crippen MR) is 149 cm³/mol. The first-order valence-corrected chi connectivity index (χ1v) is 13.6. The van der Waals surface area contributed by atoms with Gasteiger partial charge in [-0.25, -0.2) is 24.9 Å². The van der Waals surface area contributed by atoms with Crippen molar-refractivity contribution >= 4 is 11.0 Å². The van der Waals surface area contributed by atoms with Crippen LogP contribution in [0.1, 0.15) is 68.6 Å². The molecule has 4 heterocycles. The number of aromatic nitrogens is 7. The molecule has 5 aromatic rings. The Kier molecular flexibility index (Phi) is 6.99. The minimum absolute atomic E-state index is 0.201. The van der Waals surface area contributed by atoms with Gasteiger partial charge in [-0.3, -0.25) is 0 Å². The summed E-state index contributed by atoms with van der Waals surface area (Å²) in [5.74, 6) is 1.61. The van der Waals surface area contributed by atoms with Crippen LogP contribution in [0.2, 0.25) is 0 Å². The Balaban J connectivity index is 1.34. The molecule has 216 valence electrons. The average Bonchev–Trinajstić information content (AvgIpc) is 3.72. The highest BCUT2D eigenvalue weighted by molar-refractivity contribution is 5.83. The van der Waals surface area contributed by atoms with E-state index in [2.05, 4.69) is 19.9 Å². The predicted octanol–water partition coefficient (Wildman–Crippen LogP) is 6.97. The van der Waals surface area contributed by atoms with Crippen molar-refractivity contribution < 1.29 is 22.6 Å². The molecule has 6 rings (SSSR count). The zero-order valence-electron chi connectivity index (χ0n) is 23.4. The molecule has 1 aliphatic rings. The van der Waals surface area contributed by atoms with Crippen LogP contribution < -0.4 is 9.47 Å². The summed E-state index contributed by atoms with van der Waals surface area (Å²) in [6.45, 7) is 5.50. The van der Waals surface area contributed by atoms with Gasteiger partial charge in [0, 0.05) is 29.9 Å². The van der Waals surface area contributed by atoms with Gasteiger partial charge in [-0.2, -0.15) is 18.2 Å². The minimum Gasteiger partial charge on any atom is -0.480 e. The van der Waals surface area contributed by atoms with E-state index in [1.54, 1.807) is 31.5 Å². The molecule has 0 N–H and O–H groups in total. The fraction of sp³-hybridized carbons (Fsp3) is 0.333. The van der Waals surface area contributed by atoms with Gasteiger partial charge in [0.15, 0.2) is 17.2 Å². The Bertz CT molecular complexity index is 1750. The van der Waals surface area contributed by atoms with Gasteiger partial charge in [0.25, 0.3) is 0 Å². The molecule has 12 heteroatoms. The van der Waals surface area contributed by atoms with Crippen molar-refractivity contribution in [2.75, 3.05) is 7.11 Å². The number of fused-ring (bicyclic) bond motifs is 1. The first kappa shape index (κ1) is 27.6. The van der Waals surface area contributed by atoms with Gasteiger partial charge >= 0.3 is 6.18 Å². The Hall–Kier alpha value is -4.61. The van der Waals surface area contributed by atoms with Crippen LogP contribution >= 0.6 is 0 Å². The standard InChI is InChI=1S/C30H28F3N7O2/c1-16(2)40-14-22(30(31,32)33)37-27(40)20-11-7-18(8-12-20)17(3)42-28-21-6-5-13-34-25(21)38-26(39-28)23-24(19-9-10-19)35-15-36-29(23)41-4/h5-8,11-17,19H,9-10H2,1-4H3. The first-order chi connectivity index (χ1) is 20.1. The lowest BCUT2D eigenvalue weighted by Crippen LogP contribution is -2.08. The summed E-state index contributed by atoms with van der Waals surface area (Å²) in [6.07, 6.45) is 1.23. The molecule has 1 atom stereocenters. The van der Waals surface area contributed by atoms with Crippen molar-refractivity contribution in [3.05, 3.63) is 72.1 Å². The SMILES string of the molecule is COc1ncnc(C2CC2)c1-c1nc(OC(C)c2ccc(-c3nc(C(F)(F)F)cn3C(C)C)cc2)c2cccnc2n1. The van der Waals surface area contributed by atoms with Gasteiger partial charge in [-0.05, 0) is 51.3 Å². The van der Waals surface area contributed by atoms with Crippen LogP contribution in [-0.4, -0.2) is 41.6 Å². The number of pyridine rings is 1. The maximum Gasteiger partial charge on any atom is 0.434 e. The molecule has 1 saturated carbocycles. The number of methoxy groups -OCH3 is 1. The van der Waals surface area contributed by atoms with Crippen LogP contribution in [0.5, 0.6) is 11.8 Å². The maximum atomic E-state index is 13.4. The van der Waals surface area contributed by atoms with Crippen molar-refractivity contribution in [1.29, 1.82) is 0 Å². The summed E-state index contributed by atoms with van der Waals surface area (Å²) in [4.78, 5) is 26.6. The molecule has 0 aliphatic heterocycles. The lowest BCUT2D eigenvalue weighted by Gasteiger charge is -2.18. The summed E-state index contributed by atoms with van der Waals surface area (Å²) in [5.41, 5.74) is 2.36. The van der Waals surface area contributed by atoms with E-state index < -0.39 is 18.0 Å². The maximum absolute atomic E-state index is 13.4. The largest absolute Gasteiger partial charge is 0.480 e. The average molecular weight is 576 g/mol. The molecular formula is C30H28F3N7O2. The zero-order chi connectivity index (χ0) is 29.6. The van der Waals surface area contributed by atoms with E-state index >= 15 is 0 Å². The molecule has 1 unspecified atom stereocenters. The van der Waals surface area contributed by atoms with Crippen molar-refractivity contribution in [1.82, 2.24) is 34.5 Å². The molecular weight excluding hydrogens is 547 g/mol. The Morgan fingerprint density at radius 1 is 0.929 bits per heavy atom. The first-order valence-electron chi connectivity index (χ1n) is 13.6. The van der Waals surface area contributed by atoms with Crippen LogP contribution in [0.25, 0.3) is 33.8 Å². The third-order valence-corrected chi connectivity index (χ3v) is 7.16. The lowest BCUT2D eigenvalue weighted by atomic mass is 10.1. The van der Waals surface area contributed by atoms with Gasteiger partial charge in [0.05, 0.1) is 18.2 Å². The van der Waals surface area contributed by atoms with E-state index in [0.29, 0.717) is 45.7 Å². The Morgan fingerprint density at radius 3 is 2.36 bits per heavy atom. The molecule has 0 amide bonds. The van der Waals surface area contributed by atoms with Gasteiger partial charge in [0.2, 0.25) is 11.8 Å². The topological polar surface area (TPSA) is 101 Å². The van der Waals surface area contributed by atoms with E-state index in [1.807, 2.05) is 39.0 Å². The molecule has 0 bridgehead atoms. The quantitative estimate of drug-likeness (QED) is 0.196. The number of alkyl halides is 3. The number of benzene rings is 1. The van der Waals surface area contributed by atoms with E-state index in [9.17, 15) is 13.2 Å². The van der Waals surface area contributed by atoms with Crippen LogP contribution in [0, 0.1) is 0 Å². The van der Waals surface area contributed by atoms with Crippen molar-refractivity contribution in [3.8, 4) is 34.5 Å². The molecule has 0 spiro atoms. The minimum atomic E-state index is -4.53. The van der Waals surface area contributed by atoms with Gasteiger partial charge in [0.1, 0.15) is 23.8 Å². The second-order valence-electron chi connectivity index (χ2n) is 10.5. The van der Waals surface area contributed by atoms with Gasteiger partial charge in [-0.1, -0.05) is 24.3 Å². The summed E-state index contributed by atoms with van der Waals surface area (Å²) >= 11 is 0. The molecule has 0 radical (unpaired) electrons. The fourth-order valence-electron chi connectivity index (χ4n) is 4.83. The smallest absolute Gasteiger partial charge is 0.434 e. The number of halogens is 3. The third kappa shape index (κ3) is 5.24. The van der Waals surface area contributed by atoms with Crippen LogP contribution in [0.4, 0.5) is 13.2 Å². The van der Waals surface area contributed by atoms with E-state index in [1.165, 1.54) is 10.9 Å². The number of imidazole rings is 1. The molecule has 1 aromatic carbocycles. The molecule has 9 nitrogen and oxygen atoms in total. The number of ether oxygens (including phenoxy) is 2. The fourth-order valence-corrected chi connectivity index (χ4v) is 4.83. The highest BCUT2D eigenvalue weighted by Crippen LogP contribution is 2.45. The Morgan fingerprint density at radius 2 is 1.69 bits per heavy atom. The van der Waals surface area contributed by atoms with Gasteiger partial charge < -0.3 is 14.0 Å². The number of hydrogen-bond acceptors (Lipinski definition) is 8. The van der Waals surface area contributed by atoms with Crippen molar-refractivity contribution in [3.63, 3.8) is 0 Å². The molecule has 42 heavy (non-hydrogen) atoms. The highest BCUT2D eigenvalue weighted by Gasteiger charge is 2.35. The summed E-state index contributed by atoms with van der Waals surface area (Å²) < 4.78 is 53.6. The zero-order valence-corrected chi connectivity index (χ0v) is 23.4. The highest BCUT2D eigenvalue weighted by atomic mass is 19.4. The molecule has 1 aliphatic carbocycles. The van der Waals surface area contributed by atoms with E-state index in [0.717, 1.165) is 30.3 Å². The van der Waals surface area contributed by atoms with Crippen molar-refractivity contribution in [2.45, 2.75) is 57.9 Å². The monoisotopic (exact) mass is 575 g/mol. The molecule has 1 fully saturated rings. The van der Waals surface area contributed by atoms with Crippen LogP contribution in [0.15, 0.2) is 55.1 Å². The Labute approximate surface area is 239 Å². The summed E-state index contributed by atoms with van der Waals surface area (Å²) in [7, 11) is 1.54. The number of nitrogens with zero attached hydrogens (tertiary/aromatic N) is 7. The van der Waals surface area contributed by atoms with E-state index in [4.69, 9.17) is 19.4 Å². The number of hydrogen-bond donors (Lipinski definition) is 0. The van der Waals surface area contributed by atoms with Crippen LogP contribution in [0.3, 0.4) is 0 Å². The van der Waals surface area contributed by atoms with Gasteiger partial charge in [-0.15, -0.1) is 0 Å². The normalized spacial score (nSPS) is 14.4. The molecule has 0 saturated heterocycles. The van der Waals surface area contributed by atoms with E-state index in [-0.39, 0.29) is 11.9 Å². The summed E-state index contributed by atoms with van der Waals surface area (Å²) in [6, 6.07) is 10.5. The lowest BCUT2D eigenvalue weighted by molar-refractivity contribution is -0.140. The second kappa shape index (κ2) is 10.7. The second-order valence-corrected chi connectivity index (χ2v) is 10.5. The third-order valence-electron chi connectivity index (χ3n) is 7.16. The summed E-state index contributed by atoms with van der Waals surface area (Å²) in [5, 5.41) is 0.632. The number of rotatable bonds is 8. The van der Waals surface area contributed by atoms with Crippen molar-refractivity contribution in [2.24, 2.45) is 0 Å².